The van der Waals surface area contributed by atoms with Gasteiger partial charge < -0.3 is 9.64 Å². The molecule has 0 aromatic heterocycles. The second-order valence-corrected chi connectivity index (χ2v) is 7.07. The van der Waals surface area contributed by atoms with E-state index in [9.17, 15) is 4.79 Å². The van der Waals surface area contributed by atoms with Crippen molar-refractivity contribution in [2.45, 2.75) is 53.8 Å². The Balaban J connectivity index is 2.07. The molecule has 0 unspecified atom stereocenters. The molecule has 19 heavy (non-hydrogen) atoms. The molecule has 1 saturated heterocycles. The lowest BCUT2D eigenvalue weighted by Gasteiger charge is -2.35. The molecule has 0 spiro atoms. The third-order valence-corrected chi connectivity index (χ3v) is 4.42. The minimum atomic E-state index is 0.110. The molecule has 1 aliphatic carbocycles. The summed E-state index contributed by atoms with van der Waals surface area (Å²) in [5.74, 6) is 0.868. The van der Waals surface area contributed by atoms with Gasteiger partial charge in [-0.15, -0.1) is 0 Å². The molecule has 3 heteroatoms. The first-order chi connectivity index (χ1) is 8.73. The van der Waals surface area contributed by atoms with Crippen molar-refractivity contribution < 1.29 is 9.53 Å². The fraction of sp³-hybridized carbons (Fsp3) is 0.812. The molecule has 0 aromatic carbocycles. The number of ether oxygens (including phenoxy) is 1. The van der Waals surface area contributed by atoms with E-state index in [4.69, 9.17) is 4.74 Å². The molecule has 2 rings (SSSR count). The highest BCUT2D eigenvalue weighted by atomic mass is 16.5. The lowest BCUT2D eigenvalue weighted by molar-refractivity contribution is -0.145. The maximum absolute atomic E-state index is 12.7. The van der Waals surface area contributed by atoms with E-state index in [1.54, 1.807) is 0 Å². The van der Waals surface area contributed by atoms with Crippen molar-refractivity contribution in [3.63, 3.8) is 0 Å². The van der Waals surface area contributed by atoms with E-state index in [1.165, 1.54) is 5.57 Å². The molecular weight excluding hydrogens is 238 g/mol. The standard InChI is InChI=1S/C16H27NO2/c1-10(2)7-13-14(16(13,5)6)15(18)17-8-11(3)19-12(4)9-17/h7,11-14H,8-9H2,1-6H3/t11-,12+,13-,14+/m1/s1. The summed E-state index contributed by atoms with van der Waals surface area (Å²) < 4.78 is 5.70. The van der Waals surface area contributed by atoms with E-state index in [1.807, 2.05) is 18.7 Å². The maximum Gasteiger partial charge on any atom is 0.227 e. The van der Waals surface area contributed by atoms with Crippen LogP contribution in [0.15, 0.2) is 11.6 Å². The number of rotatable bonds is 2. The monoisotopic (exact) mass is 265 g/mol. The second-order valence-electron chi connectivity index (χ2n) is 7.07. The summed E-state index contributed by atoms with van der Waals surface area (Å²) in [6, 6.07) is 0. The molecule has 1 heterocycles. The first kappa shape index (κ1) is 14.6. The van der Waals surface area contributed by atoms with Gasteiger partial charge in [0.05, 0.1) is 18.1 Å². The highest BCUT2D eigenvalue weighted by Crippen LogP contribution is 2.60. The van der Waals surface area contributed by atoms with Crippen LogP contribution in [-0.4, -0.2) is 36.1 Å². The Morgan fingerprint density at radius 2 is 1.74 bits per heavy atom. The Labute approximate surface area is 117 Å². The summed E-state index contributed by atoms with van der Waals surface area (Å²) in [4.78, 5) is 14.7. The molecule has 4 atom stereocenters. The zero-order chi connectivity index (χ0) is 14.4. The Morgan fingerprint density at radius 3 is 2.21 bits per heavy atom. The Hall–Kier alpha value is -0.830. The number of carbonyl (C=O) groups excluding carboxylic acids is 1. The summed E-state index contributed by atoms with van der Waals surface area (Å²) >= 11 is 0. The average Bonchev–Trinajstić information content (AvgIpc) is 2.77. The fourth-order valence-corrected chi connectivity index (χ4v) is 3.37. The molecule has 0 radical (unpaired) electrons. The van der Waals surface area contributed by atoms with Gasteiger partial charge in [0.25, 0.3) is 0 Å². The van der Waals surface area contributed by atoms with Crippen LogP contribution in [-0.2, 0) is 9.53 Å². The van der Waals surface area contributed by atoms with Gasteiger partial charge >= 0.3 is 0 Å². The summed E-state index contributed by atoms with van der Waals surface area (Å²) in [5.41, 5.74) is 1.41. The van der Waals surface area contributed by atoms with Gasteiger partial charge in [0.15, 0.2) is 0 Å². The number of allylic oxidation sites excluding steroid dienone is 2. The van der Waals surface area contributed by atoms with Crippen LogP contribution in [0, 0.1) is 17.3 Å². The summed E-state index contributed by atoms with van der Waals surface area (Å²) in [6.07, 6.45) is 2.56. The van der Waals surface area contributed by atoms with Crippen molar-refractivity contribution in [2.24, 2.45) is 17.3 Å². The minimum absolute atomic E-state index is 0.110. The molecule has 0 bridgehead atoms. The predicted molar refractivity (Wildman–Crippen MR) is 76.8 cm³/mol. The first-order valence-corrected chi connectivity index (χ1v) is 7.32. The van der Waals surface area contributed by atoms with Crippen LogP contribution in [0.4, 0.5) is 0 Å². The van der Waals surface area contributed by atoms with Crippen LogP contribution < -0.4 is 0 Å². The van der Waals surface area contributed by atoms with Crippen LogP contribution in [0.5, 0.6) is 0 Å². The SMILES string of the molecule is CC(C)=C[C@@H]1[C@@H](C(=O)N2C[C@@H](C)O[C@@H](C)C2)C1(C)C. The maximum atomic E-state index is 12.7. The van der Waals surface area contributed by atoms with E-state index in [2.05, 4.69) is 33.8 Å². The minimum Gasteiger partial charge on any atom is -0.372 e. The van der Waals surface area contributed by atoms with E-state index < -0.39 is 0 Å². The Bertz CT molecular complexity index is 386. The van der Waals surface area contributed by atoms with Crippen LogP contribution in [0.2, 0.25) is 0 Å². The molecule has 2 aliphatic rings. The quantitative estimate of drug-likeness (QED) is 0.719. The summed E-state index contributed by atoms with van der Waals surface area (Å²) in [6.45, 7) is 14.2. The average molecular weight is 265 g/mol. The van der Waals surface area contributed by atoms with Crippen molar-refractivity contribution in [1.29, 1.82) is 0 Å². The Kier molecular flexibility index (Phi) is 3.78. The fourth-order valence-electron chi connectivity index (χ4n) is 3.37. The third-order valence-electron chi connectivity index (χ3n) is 4.42. The van der Waals surface area contributed by atoms with Gasteiger partial charge in [-0.3, -0.25) is 4.79 Å². The lowest BCUT2D eigenvalue weighted by atomic mass is 10.1. The van der Waals surface area contributed by atoms with E-state index in [-0.39, 0.29) is 23.5 Å². The van der Waals surface area contributed by atoms with Crippen molar-refractivity contribution in [1.82, 2.24) is 4.90 Å². The number of amides is 1. The van der Waals surface area contributed by atoms with Gasteiger partial charge in [-0.05, 0) is 39.0 Å². The van der Waals surface area contributed by atoms with E-state index in [0.717, 1.165) is 13.1 Å². The molecule has 108 valence electrons. The number of hydrogen-bond donors (Lipinski definition) is 0. The summed E-state index contributed by atoms with van der Waals surface area (Å²) in [5, 5.41) is 0. The van der Waals surface area contributed by atoms with Crippen molar-refractivity contribution >= 4 is 5.91 Å². The smallest absolute Gasteiger partial charge is 0.227 e. The largest absolute Gasteiger partial charge is 0.372 e. The molecule has 2 fully saturated rings. The lowest BCUT2D eigenvalue weighted by Crippen LogP contribution is -2.49. The van der Waals surface area contributed by atoms with Crippen molar-refractivity contribution in [3.8, 4) is 0 Å². The van der Waals surface area contributed by atoms with Gasteiger partial charge in [-0.25, -0.2) is 0 Å². The van der Waals surface area contributed by atoms with Gasteiger partial charge in [0, 0.05) is 13.1 Å². The van der Waals surface area contributed by atoms with Crippen LogP contribution >= 0.6 is 0 Å². The number of morpholine rings is 1. The van der Waals surface area contributed by atoms with Gasteiger partial charge in [-0.1, -0.05) is 25.5 Å². The van der Waals surface area contributed by atoms with Crippen molar-refractivity contribution in [3.05, 3.63) is 11.6 Å². The topological polar surface area (TPSA) is 29.5 Å². The van der Waals surface area contributed by atoms with Crippen molar-refractivity contribution in [2.75, 3.05) is 13.1 Å². The number of hydrogen-bond acceptors (Lipinski definition) is 2. The zero-order valence-corrected chi connectivity index (χ0v) is 13.1. The number of nitrogens with zero attached hydrogens (tertiary/aromatic N) is 1. The zero-order valence-electron chi connectivity index (χ0n) is 13.1. The van der Waals surface area contributed by atoms with Crippen LogP contribution in [0.25, 0.3) is 0 Å². The first-order valence-electron chi connectivity index (χ1n) is 7.32. The van der Waals surface area contributed by atoms with Gasteiger partial charge in [0.1, 0.15) is 0 Å². The molecule has 0 aromatic rings. The normalized spacial score (nSPS) is 36.8. The van der Waals surface area contributed by atoms with Crippen LogP contribution in [0.3, 0.4) is 0 Å². The third kappa shape index (κ3) is 2.86. The Morgan fingerprint density at radius 1 is 1.21 bits per heavy atom. The van der Waals surface area contributed by atoms with E-state index >= 15 is 0 Å². The molecular formula is C16H27NO2. The molecule has 1 saturated carbocycles. The van der Waals surface area contributed by atoms with Gasteiger partial charge in [-0.2, -0.15) is 0 Å². The van der Waals surface area contributed by atoms with Gasteiger partial charge in [0.2, 0.25) is 5.91 Å². The summed E-state index contributed by atoms with van der Waals surface area (Å²) in [7, 11) is 0. The molecule has 1 amide bonds. The second kappa shape index (κ2) is 4.93. The molecule has 1 aliphatic heterocycles. The molecule has 3 nitrogen and oxygen atoms in total. The molecule has 0 N–H and O–H groups in total. The predicted octanol–water partition coefficient (Wildman–Crippen LogP) is 2.86. The van der Waals surface area contributed by atoms with Crippen LogP contribution in [0.1, 0.15) is 41.5 Å². The van der Waals surface area contributed by atoms with E-state index in [0.29, 0.717) is 11.8 Å². The number of carbonyl (C=O) groups is 1. The highest BCUT2D eigenvalue weighted by molar-refractivity contribution is 5.84. The highest BCUT2D eigenvalue weighted by Gasteiger charge is 2.61.